The Hall–Kier alpha value is -4.39. The maximum Gasteiger partial charge on any atom is 0.264 e. The Morgan fingerprint density at radius 2 is 1.81 bits per heavy atom. The van der Waals surface area contributed by atoms with Gasteiger partial charge in [0.1, 0.15) is 5.82 Å². The first-order chi connectivity index (χ1) is 20.5. The number of likely N-dealkylation sites (N-methyl/N-ethyl adjacent to an activating group) is 1. The molecule has 13 heteroatoms. The molecule has 1 saturated heterocycles. The van der Waals surface area contributed by atoms with Crippen molar-refractivity contribution in [2.75, 3.05) is 55.5 Å². The molecule has 10 nitrogen and oxygen atoms in total. The lowest BCUT2D eigenvalue weighted by molar-refractivity contribution is 0.101. The van der Waals surface area contributed by atoms with E-state index in [1.165, 1.54) is 13.2 Å². The van der Waals surface area contributed by atoms with Crippen LogP contribution >= 0.6 is 0 Å². The van der Waals surface area contributed by atoms with Gasteiger partial charge in [-0.15, -0.1) is 0 Å². The number of hydrogen-bond acceptors (Lipinski definition) is 8. The van der Waals surface area contributed by atoms with Gasteiger partial charge in [0.2, 0.25) is 11.5 Å². The molecule has 1 fully saturated rings. The summed E-state index contributed by atoms with van der Waals surface area (Å²) in [7, 11) is 3.55. The molecule has 2 aromatic heterocycles. The van der Waals surface area contributed by atoms with Crippen molar-refractivity contribution in [2.45, 2.75) is 38.8 Å². The molecule has 2 aliphatic heterocycles. The minimum atomic E-state index is -3.04. The number of alkyl halides is 2. The molecule has 5 rings (SSSR count). The van der Waals surface area contributed by atoms with Crippen molar-refractivity contribution < 1.29 is 22.7 Å². The van der Waals surface area contributed by atoms with Gasteiger partial charge in [0.25, 0.3) is 12.3 Å². The number of halogens is 3. The standard InChI is InChI=1S/C30H34F3N7O3/c1-17-14-40(15-18(2)38(17)3)26-10-24(31)21(19-6-5-7-39(16-19)30-35-11-20(43-4)12-36-30)8-25(26)37-29(42)23-13-34-27(41)9-22(23)28(32)33/h6,8-13,17-18,28H,5,7,14-16H2,1-4H3,(H,34,41)(H,37,42). The molecule has 4 heterocycles. The maximum absolute atomic E-state index is 15.9. The van der Waals surface area contributed by atoms with Crippen molar-refractivity contribution in [1.29, 1.82) is 0 Å². The van der Waals surface area contributed by atoms with E-state index in [4.69, 9.17) is 4.74 Å². The van der Waals surface area contributed by atoms with Gasteiger partial charge in [-0.1, -0.05) is 6.08 Å². The smallest absolute Gasteiger partial charge is 0.264 e. The van der Waals surface area contributed by atoms with E-state index >= 15 is 4.39 Å². The number of aromatic nitrogens is 3. The molecule has 0 saturated carbocycles. The summed E-state index contributed by atoms with van der Waals surface area (Å²) < 4.78 is 48.6. The van der Waals surface area contributed by atoms with Crippen molar-refractivity contribution in [2.24, 2.45) is 0 Å². The highest BCUT2D eigenvalue weighted by molar-refractivity contribution is 6.07. The van der Waals surface area contributed by atoms with Crippen molar-refractivity contribution >= 4 is 28.8 Å². The van der Waals surface area contributed by atoms with E-state index in [1.54, 1.807) is 18.5 Å². The fraction of sp³-hybridized carbons (Fsp3) is 0.400. The van der Waals surface area contributed by atoms with Crippen LogP contribution < -0.4 is 25.4 Å². The van der Waals surface area contributed by atoms with E-state index in [1.807, 2.05) is 22.9 Å². The highest BCUT2D eigenvalue weighted by atomic mass is 19.3. The molecule has 1 aromatic carbocycles. The molecule has 1 amide bonds. The Morgan fingerprint density at radius 3 is 2.47 bits per heavy atom. The fourth-order valence-electron chi connectivity index (χ4n) is 5.51. The zero-order chi connectivity index (χ0) is 30.8. The Kier molecular flexibility index (Phi) is 8.71. The van der Waals surface area contributed by atoms with Crippen LogP contribution in [0.5, 0.6) is 5.75 Å². The molecule has 0 spiro atoms. The highest BCUT2D eigenvalue weighted by Gasteiger charge is 2.30. The van der Waals surface area contributed by atoms with Crippen LogP contribution in [0.3, 0.4) is 0 Å². The van der Waals surface area contributed by atoms with Crippen LogP contribution in [0.25, 0.3) is 5.57 Å². The molecule has 2 aliphatic rings. The molecule has 2 unspecified atom stereocenters. The second kappa shape index (κ2) is 12.5. The van der Waals surface area contributed by atoms with Crippen molar-refractivity contribution in [3.63, 3.8) is 0 Å². The number of H-pyrrole nitrogens is 1. The lowest BCUT2D eigenvalue weighted by Gasteiger charge is -2.44. The zero-order valence-electron chi connectivity index (χ0n) is 24.4. The van der Waals surface area contributed by atoms with Gasteiger partial charge in [-0.25, -0.2) is 23.1 Å². The number of hydrogen-bond donors (Lipinski definition) is 2. The van der Waals surface area contributed by atoms with Gasteiger partial charge in [0, 0.05) is 61.7 Å². The summed E-state index contributed by atoms with van der Waals surface area (Å²) >= 11 is 0. The third-order valence-corrected chi connectivity index (χ3v) is 8.10. The molecular formula is C30H34F3N7O3. The van der Waals surface area contributed by atoms with E-state index < -0.39 is 29.3 Å². The fourth-order valence-corrected chi connectivity index (χ4v) is 5.51. The molecule has 0 bridgehead atoms. The van der Waals surface area contributed by atoms with E-state index in [9.17, 15) is 18.4 Å². The quantitative estimate of drug-likeness (QED) is 0.415. The Balaban J connectivity index is 1.52. The number of methoxy groups -OCH3 is 1. The summed E-state index contributed by atoms with van der Waals surface area (Å²) in [6, 6.07) is 3.93. The zero-order valence-corrected chi connectivity index (χ0v) is 24.4. The molecule has 3 aromatic rings. The third-order valence-electron chi connectivity index (χ3n) is 8.10. The van der Waals surface area contributed by atoms with Crippen molar-refractivity contribution in [3.05, 3.63) is 75.7 Å². The van der Waals surface area contributed by atoms with Crippen LogP contribution in [0.15, 0.2) is 47.7 Å². The van der Waals surface area contributed by atoms with Gasteiger partial charge in [-0.2, -0.15) is 0 Å². The van der Waals surface area contributed by atoms with Gasteiger partial charge in [0.05, 0.1) is 36.4 Å². The third kappa shape index (κ3) is 6.36. The predicted molar refractivity (Wildman–Crippen MR) is 159 cm³/mol. The van der Waals surface area contributed by atoms with Gasteiger partial charge in [0.15, 0.2) is 5.75 Å². The molecule has 2 N–H and O–H groups in total. The normalized spacial score (nSPS) is 19.4. The average Bonchev–Trinajstić information content (AvgIpc) is 3.00. The van der Waals surface area contributed by atoms with Crippen LogP contribution in [0.2, 0.25) is 0 Å². The lowest BCUT2D eigenvalue weighted by atomic mass is 9.98. The molecule has 2 atom stereocenters. The van der Waals surface area contributed by atoms with Crippen molar-refractivity contribution in [1.82, 2.24) is 19.9 Å². The molecule has 228 valence electrons. The van der Waals surface area contributed by atoms with Crippen LogP contribution in [0.4, 0.5) is 30.5 Å². The predicted octanol–water partition coefficient (Wildman–Crippen LogP) is 4.33. The first-order valence-corrected chi connectivity index (χ1v) is 14.0. The monoisotopic (exact) mass is 597 g/mol. The van der Waals surface area contributed by atoms with E-state index in [-0.39, 0.29) is 28.9 Å². The number of nitrogens with zero attached hydrogens (tertiary/aromatic N) is 5. The average molecular weight is 598 g/mol. The van der Waals surface area contributed by atoms with Crippen LogP contribution in [-0.4, -0.2) is 78.2 Å². The number of piperazine rings is 1. The van der Waals surface area contributed by atoms with Gasteiger partial charge in [-0.3, -0.25) is 14.5 Å². The summed E-state index contributed by atoms with van der Waals surface area (Å²) in [5.74, 6) is -0.335. The first-order valence-electron chi connectivity index (χ1n) is 14.0. The minimum Gasteiger partial charge on any atom is -0.494 e. The Morgan fingerprint density at radius 1 is 1.12 bits per heavy atom. The summed E-state index contributed by atoms with van der Waals surface area (Å²) in [4.78, 5) is 42.2. The molecule has 43 heavy (non-hydrogen) atoms. The number of aromatic amines is 1. The molecule has 0 radical (unpaired) electrons. The number of amides is 1. The summed E-state index contributed by atoms with van der Waals surface area (Å²) in [6.45, 7) is 6.18. The largest absolute Gasteiger partial charge is 0.494 e. The van der Waals surface area contributed by atoms with E-state index in [0.717, 1.165) is 6.20 Å². The first kappa shape index (κ1) is 30.1. The number of benzene rings is 1. The summed E-state index contributed by atoms with van der Waals surface area (Å²) in [5.41, 5.74) is -0.146. The number of rotatable bonds is 7. The van der Waals surface area contributed by atoms with Gasteiger partial charge in [-0.05, 0) is 45.0 Å². The number of pyridine rings is 1. The highest BCUT2D eigenvalue weighted by Crippen LogP contribution is 2.36. The van der Waals surface area contributed by atoms with Crippen LogP contribution in [-0.2, 0) is 0 Å². The molecular weight excluding hydrogens is 563 g/mol. The molecule has 0 aliphatic carbocycles. The second-order valence-corrected chi connectivity index (χ2v) is 10.9. The second-order valence-electron chi connectivity index (χ2n) is 10.9. The number of carbonyl (C=O) groups is 1. The van der Waals surface area contributed by atoms with Crippen molar-refractivity contribution in [3.8, 4) is 5.75 Å². The maximum atomic E-state index is 15.9. The summed E-state index contributed by atoms with van der Waals surface area (Å²) in [6.07, 6.45) is 3.60. The SMILES string of the molecule is COc1cnc(N2CCC=C(c3cc(NC(=O)c4c[nH]c(=O)cc4C(F)F)c(N4CC(C)N(C)C(C)C4)cc3F)C2)nc1. The lowest BCUT2D eigenvalue weighted by Crippen LogP contribution is -2.55. The Labute approximate surface area is 247 Å². The van der Waals surface area contributed by atoms with E-state index in [0.29, 0.717) is 61.6 Å². The Bertz CT molecular complexity index is 1570. The number of anilines is 3. The van der Waals surface area contributed by atoms with Crippen LogP contribution in [0, 0.1) is 5.82 Å². The van der Waals surface area contributed by atoms with Gasteiger partial charge < -0.3 is 24.8 Å². The number of nitrogens with one attached hydrogen (secondary N) is 2. The number of carbonyl (C=O) groups excluding carboxylic acids is 1. The summed E-state index contributed by atoms with van der Waals surface area (Å²) in [5, 5.41) is 2.75. The topological polar surface area (TPSA) is 107 Å². The van der Waals surface area contributed by atoms with Gasteiger partial charge >= 0.3 is 0 Å². The van der Waals surface area contributed by atoms with E-state index in [2.05, 4.69) is 39.0 Å². The minimum absolute atomic E-state index is 0.138. The van der Waals surface area contributed by atoms with Crippen LogP contribution in [0.1, 0.15) is 48.2 Å². The number of ether oxygens (including phenoxy) is 1.